The van der Waals surface area contributed by atoms with Crippen molar-refractivity contribution in [1.29, 1.82) is 0 Å². The first kappa shape index (κ1) is 12.6. The number of hydrogen-bond acceptors (Lipinski definition) is 4. The Morgan fingerprint density at radius 1 is 1.37 bits per heavy atom. The molecule has 0 unspecified atom stereocenters. The molecule has 0 amide bonds. The van der Waals surface area contributed by atoms with Crippen LogP contribution in [0.2, 0.25) is 0 Å². The number of esters is 1. The third-order valence-corrected chi connectivity index (χ3v) is 4.90. The number of aliphatic hydroxyl groups excluding tert-OH is 1. The van der Waals surface area contributed by atoms with Gasteiger partial charge in [-0.1, -0.05) is 13.5 Å². The van der Waals surface area contributed by atoms with Crippen molar-refractivity contribution in [1.82, 2.24) is 0 Å². The molecule has 1 saturated carbocycles. The molecule has 19 heavy (non-hydrogen) atoms. The zero-order valence-corrected chi connectivity index (χ0v) is 11.2. The van der Waals surface area contributed by atoms with Gasteiger partial charge in [-0.3, -0.25) is 4.79 Å². The van der Waals surface area contributed by atoms with E-state index in [1.54, 1.807) is 6.92 Å². The minimum absolute atomic E-state index is 0.0934. The van der Waals surface area contributed by atoms with Gasteiger partial charge in [0.15, 0.2) is 5.78 Å². The first-order chi connectivity index (χ1) is 8.91. The van der Waals surface area contributed by atoms with Gasteiger partial charge in [0.25, 0.3) is 0 Å². The fourth-order valence-corrected chi connectivity index (χ4v) is 3.80. The van der Waals surface area contributed by atoms with E-state index in [0.717, 1.165) is 5.57 Å². The number of rotatable bonds is 0. The molecule has 1 aliphatic heterocycles. The molecule has 1 saturated heterocycles. The van der Waals surface area contributed by atoms with Gasteiger partial charge in [-0.05, 0) is 36.3 Å². The lowest BCUT2D eigenvalue weighted by Crippen LogP contribution is -2.29. The summed E-state index contributed by atoms with van der Waals surface area (Å²) in [5, 5.41) is 10.3. The largest absolute Gasteiger partial charge is 0.454 e. The molecule has 5 atom stereocenters. The number of ether oxygens (including phenoxy) is 1. The Hall–Kier alpha value is -1.42. The number of aliphatic hydroxyl groups is 1. The van der Waals surface area contributed by atoms with E-state index in [-0.39, 0.29) is 17.6 Å². The van der Waals surface area contributed by atoms with Gasteiger partial charge in [-0.25, -0.2) is 4.79 Å². The Morgan fingerprint density at radius 2 is 2.05 bits per heavy atom. The number of allylic oxidation sites excluding steroid dienone is 1. The van der Waals surface area contributed by atoms with Crippen molar-refractivity contribution in [2.45, 2.75) is 38.9 Å². The maximum atomic E-state index is 11.9. The summed E-state index contributed by atoms with van der Waals surface area (Å²) in [6.07, 6.45) is -0.0650. The molecule has 4 nitrogen and oxygen atoms in total. The maximum absolute atomic E-state index is 11.9. The van der Waals surface area contributed by atoms with Crippen molar-refractivity contribution < 1.29 is 19.4 Å². The summed E-state index contributed by atoms with van der Waals surface area (Å²) in [5.41, 5.74) is 1.97. The van der Waals surface area contributed by atoms with E-state index in [4.69, 9.17) is 4.74 Å². The van der Waals surface area contributed by atoms with E-state index in [2.05, 4.69) is 6.58 Å². The van der Waals surface area contributed by atoms with E-state index in [1.807, 2.05) is 6.92 Å². The summed E-state index contributed by atoms with van der Waals surface area (Å²) in [4.78, 5) is 23.7. The molecule has 0 radical (unpaired) electrons. The lowest BCUT2D eigenvalue weighted by Gasteiger charge is -2.22. The van der Waals surface area contributed by atoms with Crippen molar-refractivity contribution in [2.75, 3.05) is 0 Å². The minimum atomic E-state index is -0.625. The van der Waals surface area contributed by atoms with E-state index in [1.165, 1.54) is 0 Å². The molecule has 1 heterocycles. The monoisotopic (exact) mass is 262 g/mol. The smallest absolute Gasteiger partial charge is 0.334 e. The van der Waals surface area contributed by atoms with E-state index in [9.17, 15) is 14.7 Å². The summed E-state index contributed by atoms with van der Waals surface area (Å²) >= 11 is 0. The third-order valence-electron chi connectivity index (χ3n) is 4.90. The molecule has 0 aromatic rings. The summed E-state index contributed by atoms with van der Waals surface area (Å²) in [6, 6.07) is 0. The van der Waals surface area contributed by atoms with Crippen molar-refractivity contribution in [3.8, 4) is 0 Å². The quantitative estimate of drug-likeness (QED) is 0.529. The zero-order chi connectivity index (χ0) is 13.9. The van der Waals surface area contributed by atoms with Crippen LogP contribution in [0.1, 0.15) is 26.7 Å². The van der Waals surface area contributed by atoms with Crippen molar-refractivity contribution in [3.63, 3.8) is 0 Å². The second kappa shape index (κ2) is 4.04. The highest BCUT2D eigenvalue weighted by Gasteiger charge is 2.52. The van der Waals surface area contributed by atoms with Crippen molar-refractivity contribution in [2.24, 2.45) is 17.8 Å². The van der Waals surface area contributed by atoms with Gasteiger partial charge in [0.05, 0.1) is 12.0 Å². The van der Waals surface area contributed by atoms with Gasteiger partial charge in [-0.15, -0.1) is 0 Å². The van der Waals surface area contributed by atoms with Crippen molar-refractivity contribution in [3.05, 3.63) is 23.3 Å². The molecule has 0 aromatic heterocycles. The SMILES string of the molecule is C=C1C(=O)O[C@@H]2C3=C(C)C(=O)C[C@H]3[C@H](C)C[C@@H](O)[C@@H]12. The van der Waals surface area contributed by atoms with Gasteiger partial charge in [-0.2, -0.15) is 0 Å². The first-order valence-electron chi connectivity index (χ1n) is 6.73. The number of Topliss-reactive ketones (excluding diaryl/α,β-unsaturated/α-hetero) is 1. The fraction of sp³-hybridized carbons (Fsp3) is 0.600. The van der Waals surface area contributed by atoms with Crippen LogP contribution in [0, 0.1) is 17.8 Å². The number of carbonyl (C=O) groups excluding carboxylic acids is 2. The van der Waals surface area contributed by atoms with Crippen LogP contribution in [0.3, 0.4) is 0 Å². The molecule has 3 rings (SSSR count). The summed E-state index contributed by atoms with van der Waals surface area (Å²) in [6.45, 7) is 7.60. The Morgan fingerprint density at radius 3 is 2.74 bits per heavy atom. The number of carbonyl (C=O) groups is 2. The highest BCUT2D eigenvalue weighted by molar-refractivity contribution is 6.00. The van der Waals surface area contributed by atoms with Gasteiger partial charge in [0, 0.05) is 12.0 Å². The van der Waals surface area contributed by atoms with Crippen LogP contribution in [0.4, 0.5) is 0 Å². The molecule has 102 valence electrons. The Kier molecular flexibility index (Phi) is 2.68. The van der Waals surface area contributed by atoms with Crippen LogP contribution >= 0.6 is 0 Å². The van der Waals surface area contributed by atoms with Crippen LogP contribution in [-0.4, -0.2) is 29.1 Å². The maximum Gasteiger partial charge on any atom is 0.334 e. The lowest BCUT2D eigenvalue weighted by molar-refractivity contribution is -0.138. The molecule has 0 bridgehead atoms. The number of hydrogen-bond donors (Lipinski definition) is 1. The fourth-order valence-electron chi connectivity index (χ4n) is 3.80. The van der Waals surface area contributed by atoms with Gasteiger partial charge < -0.3 is 9.84 Å². The number of ketones is 1. The molecule has 0 spiro atoms. The molecular formula is C15H18O4. The molecular weight excluding hydrogens is 244 g/mol. The molecule has 2 fully saturated rings. The van der Waals surface area contributed by atoms with Crippen LogP contribution < -0.4 is 0 Å². The Balaban J connectivity index is 2.12. The molecule has 0 aromatic carbocycles. The molecule has 2 aliphatic carbocycles. The normalized spacial score (nSPS) is 42.1. The number of fused-ring (bicyclic) bond motifs is 3. The molecule has 3 aliphatic rings. The van der Waals surface area contributed by atoms with Crippen molar-refractivity contribution >= 4 is 11.8 Å². The second-order valence-corrected chi connectivity index (χ2v) is 5.97. The highest BCUT2D eigenvalue weighted by atomic mass is 16.6. The summed E-state index contributed by atoms with van der Waals surface area (Å²) in [7, 11) is 0. The molecule has 1 N–H and O–H groups in total. The Bertz CT molecular complexity index is 516. The Labute approximate surface area is 112 Å². The van der Waals surface area contributed by atoms with Gasteiger partial charge in [0.1, 0.15) is 6.10 Å². The van der Waals surface area contributed by atoms with E-state index >= 15 is 0 Å². The van der Waals surface area contributed by atoms with Crippen LogP contribution in [-0.2, 0) is 14.3 Å². The van der Waals surface area contributed by atoms with Crippen LogP contribution in [0.25, 0.3) is 0 Å². The van der Waals surface area contributed by atoms with Gasteiger partial charge in [0.2, 0.25) is 0 Å². The minimum Gasteiger partial charge on any atom is -0.454 e. The zero-order valence-electron chi connectivity index (χ0n) is 11.2. The average molecular weight is 262 g/mol. The first-order valence-corrected chi connectivity index (χ1v) is 6.73. The molecule has 4 heteroatoms. The predicted molar refractivity (Wildman–Crippen MR) is 68.1 cm³/mol. The van der Waals surface area contributed by atoms with Crippen LogP contribution in [0.5, 0.6) is 0 Å². The van der Waals surface area contributed by atoms with E-state index < -0.39 is 24.1 Å². The van der Waals surface area contributed by atoms with E-state index in [0.29, 0.717) is 24.0 Å². The van der Waals surface area contributed by atoms with Gasteiger partial charge >= 0.3 is 5.97 Å². The summed E-state index contributed by atoms with van der Waals surface area (Å²) < 4.78 is 5.40. The average Bonchev–Trinajstić information content (AvgIpc) is 2.75. The predicted octanol–water partition coefficient (Wildman–Crippen LogP) is 1.39. The summed E-state index contributed by atoms with van der Waals surface area (Å²) in [5.74, 6) is -0.396. The highest BCUT2D eigenvalue weighted by Crippen LogP contribution is 2.49. The lowest BCUT2D eigenvalue weighted by atomic mass is 9.85. The topological polar surface area (TPSA) is 63.6 Å². The van der Waals surface area contributed by atoms with Crippen LogP contribution in [0.15, 0.2) is 23.3 Å². The standard InChI is InChI=1S/C15H18O4/c1-6-4-11(17)13-8(3)15(18)19-14(13)12-7(2)10(16)5-9(6)12/h6,9,11,13-14,17H,3-5H2,1-2H3/t6-,9+,11-,13-,14-/m1/s1. The second-order valence-electron chi connectivity index (χ2n) is 5.97. The third kappa shape index (κ3) is 1.62.